The van der Waals surface area contributed by atoms with E-state index < -0.39 is 0 Å². The minimum Gasteiger partial charge on any atom is -0.337 e. The average Bonchev–Trinajstić information content (AvgIpc) is 3.35. The molecule has 4 nitrogen and oxygen atoms in total. The Bertz CT molecular complexity index is 755. The van der Waals surface area contributed by atoms with Crippen molar-refractivity contribution in [3.05, 3.63) is 65.2 Å². The zero-order chi connectivity index (χ0) is 16.3. The molecule has 0 heterocycles. The van der Waals surface area contributed by atoms with Crippen molar-refractivity contribution in [2.24, 2.45) is 0 Å². The summed E-state index contributed by atoms with van der Waals surface area (Å²) in [5, 5.41) is 14.7. The second-order valence-corrected chi connectivity index (χ2v) is 6.11. The van der Waals surface area contributed by atoms with Gasteiger partial charge in [0.15, 0.2) is 0 Å². The summed E-state index contributed by atoms with van der Waals surface area (Å²) in [5.74, 6) is 0. The minimum absolute atomic E-state index is 0.0692. The lowest BCUT2D eigenvalue weighted by Gasteiger charge is -2.17. The number of urea groups is 1. The van der Waals surface area contributed by atoms with Crippen molar-refractivity contribution in [3.8, 4) is 6.07 Å². The Balaban J connectivity index is 1.61. The van der Waals surface area contributed by atoms with Crippen molar-refractivity contribution in [1.82, 2.24) is 5.32 Å². The second-order valence-electron chi connectivity index (χ2n) is 6.11. The first-order chi connectivity index (χ1) is 11.1. The highest BCUT2D eigenvalue weighted by Crippen LogP contribution is 2.47. The number of anilines is 1. The number of rotatable bonds is 4. The van der Waals surface area contributed by atoms with E-state index >= 15 is 0 Å². The van der Waals surface area contributed by atoms with Gasteiger partial charge in [-0.25, -0.2) is 4.79 Å². The van der Waals surface area contributed by atoms with Crippen LogP contribution in [0.2, 0.25) is 0 Å². The van der Waals surface area contributed by atoms with E-state index in [4.69, 9.17) is 5.26 Å². The monoisotopic (exact) mass is 305 g/mol. The number of para-hydroxylation sites is 1. The van der Waals surface area contributed by atoms with E-state index in [0.29, 0.717) is 17.8 Å². The van der Waals surface area contributed by atoms with Gasteiger partial charge in [-0.15, -0.1) is 0 Å². The normalized spacial score (nSPS) is 14.6. The topological polar surface area (TPSA) is 64.9 Å². The maximum atomic E-state index is 12.1. The Morgan fingerprint density at radius 3 is 2.52 bits per heavy atom. The number of carbonyl (C=O) groups excluding carboxylic acids is 1. The van der Waals surface area contributed by atoms with Crippen molar-refractivity contribution >= 4 is 11.7 Å². The summed E-state index contributed by atoms with van der Waals surface area (Å²) in [4.78, 5) is 12.1. The molecule has 2 aromatic rings. The van der Waals surface area contributed by atoms with Crippen molar-refractivity contribution in [2.45, 2.75) is 25.2 Å². The zero-order valence-corrected chi connectivity index (χ0v) is 13.1. The van der Waals surface area contributed by atoms with E-state index in [9.17, 15) is 4.79 Å². The maximum absolute atomic E-state index is 12.1. The van der Waals surface area contributed by atoms with Gasteiger partial charge in [0.1, 0.15) is 6.07 Å². The van der Waals surface area contributed by atoms with Gasteiger partial charge in [0.05, 0.1) is 11.3 Å². The zero-order valence-electron chi connectivity index (χ0n) is 13.1. The van der Waals surface area contributed by atoms with E-state index in [1.807, 2.05) is 0 Å². The summed E-state index contributed by atoms with van der Waals surface area (Å²) in [5.41, 5.74) is 3.58. The van der Waals surface area contributed by atoms with Gasteiger partial charge in [-0.1, -0.05) is 42.0 Å². The number of nitrogens with zero attached hydrogens (tertiary/aromatic N) is 1. The quantitative estimate of drug-likeness (QED) is 0.904. The molecule has 2 amide bonds. The first kappa shape index (κ1) is 15.1. The van der Waals surface area contributed by atoms with Crippen LogP contribution in [0.5, 0.6) is 0 Å². The SMILES string of the molecule is Cc1ccc(C2(CNC(=O)Nc3ccccc3C#N)CC2)cc1. The fourth-order valence-electron chi connectivity index (χ4n) is 2.73. The van der Waals surface area contributed by atoms with Crippen LogP contribution in [0, 0.1) is 18.3 Å². The second kappa shape index (κ2) is 6.13. The molecule has 0 saturated heterocycles. The highest BCUT2D eigenvalue weighted by atomic mass is 16.2. The third-order valence-electron chi connectivity index (χ3n) is 4.40. The summed E-state index contributed by atoms with van der Waals surface area (Å²) in [6, 6.07) is 17.3. The van der Waals surface area contributed by atoms with Crippen LogP contribution >= 0.6 is 0 Å². The molecule has 2 N–H and O–H groups in total. The number of hydrogen-bond donors (Lipinski definition) is 2. The molecule has 1 fully saturated rings. The molecule has 3 rings (SSSR count). The van der Waals surface area contributed by atoms with Crippen molar-refractivity contribution < 1.29 is 4.79 Å². The van der Waals surface area contributed by atoms with Gasteiger partial charge in [-0.05, 0) is 37.5 Å². The standard InChI is InChI=1S/C19H19N3O/c1-14-6-8-16(9-7-14)19(10-11-19)13-21-18(23)22-17-5-3-2-4-15(17)12-20/h2-9H,10-11,13H2,1H3,(H2,21,22,23). The van der Waals surface area contributed by atoms with Crippen molar-refractivity contribution in [2.75, 3.05) is 11.9 Å². The first-order valence-corrected chi connectivity index (χ1v) is 7.74. The van der Waals surface area contributed by atoms with Crippen LogP contribution in [0.25, 0.3) is 0 Å². The maximum Gasteiger partial charge on any atom is 0.319 e. The van der Waals surface area contributed by atoms with Crippen molar-refractivity contribution in [1.29, 1.82) is 5.26 Å². The first-order valence-electron chi connectivity index (χ1n) is 7.74. The highest BCUT2D eigenvalue weighted by Gasteiger charge is 2.44. The lowest BCUT2D eigenvalue weighted by Crippen LogP contribution is -2.35. The van der Waals surface area contributed by atoms with Crippen LogP contribution in [-0.4, -0.2) is 12.6 Å². The third kappa shape index (κ3) is 3.35. The summed E-state index contributed by atoms with van der Waals surface area (Å²) in [7, 11) is 0. The molecular weight excluding hydrogens is 286 g/mol. The predicted octanol–water partition coefficient (Wildman–Crippen LogP) is 3.72. The van der Waals surface area contributed by atoms with Crippen LogP contribution in [0.4, 0.5) is 10.5 Å². The fraction of sp³-hybridized carbons (Fsp3) is 0.263. The Hall–Kier alpha value is -2.80. The third-order valence-corrected chi connectivity index (χ3v) is 4.40. The van der Waals surface area contributed by atoms with E-state index in [1.165, 1.54) is 11.1 Å². The molecule has 4 heteroatoms. The summed E-state index contributed by atoms with van der Waals surface area (Å²) in [6.45, 7) is 2.68. The van der Waals surface area contributed by atoms with Gasteiger partial charge < -0.3 is 10.6 Å². The molecule has 0 atom stereocenters. The molecule has 0 aliphatic heterocycles. The van der Waals surface area contributed by atoms with Gasteiger partial charge in [-0.2, -0.15) is 5.26 Å². The Labute approximate surface area is 136 Å². The minimum atomic E-state index is -0.272. The lowest BCUT2D eigenvalue weighted by molar-refractivity contribution is 0.251. The molecule has 1 saturated carbocycles. The molecule has 1 aliphatic rings. The van der Waals surface area contributed by atoms with Crippen molar-refractivity contribution in [3.63, 3.8) is 0 Å². The van der Waals surface area contributed by atoms with Gasteiger partial charge >= 0.3 is 6.03 Å². The fourth-order valence-corrected chi connectivity index (χ4v) is 2.73. The van der Waals surface area contributed by atoms with E-state index in [2.05, 4.69) is 47.9 Å². The molecular formula is C19H19N3O. The Morgan fingerprint density at radius 2 is 1.87 bits per heavy atom. The van der Waals surface area contributed by atoms with Gasteiger partial charge in [0.2, 0.25) is 0 Å². The number of aryl methyl sites for hydroxylation is 1. The smallest absolute Gasteiger partial charge is 0.319 e. The summed E-state index contributed by atoms with van der Waals surface area (Å²) < 4.78 is 0. The molecule has 0 spiro atoms. The summed E-state index contributed by atoms with van der Waals surface area (Å²) >= 11 is 0. The number of nitrogens with one attached hydrogen (secondary N) is 2. The predicted molar refractivity (Wildman–Crippen MR) is 90.3 cm³/mol. The van der Waals surface area contributed by atoms with Crippen LogP contribution in [0.15, 0.2) is 48.5 Å². The van der Waals surface area contributed by atoms with Gasteiger partial charge in [0, 0.05) is 12.0 Å². The van der Waals surface area contributed by atoms with Crippen LogP contribution < -0.4 is 10.6 Å². The number of hydrogen-bond acceptors (Lipinski definition) is 2. The largest absolute Gasteiger partial charge is 0.337 e. The number of benzene rings is 2. The lowest BCUT2D eigenvalue weighted by atomic mass is 9.95. The highest BCUT2D eigenvalue weighted by molar-refractivity contribution is 5.90. The van der Waals surface area contributed by atoms with Crippen LogP contribution in [0.1, 0.15) is 29.5 Å². The number of amides is 2. The van der Waals surface area contributed by atoms with Crippen LogP contribution in [-0.2, 0) is 5.41 Å². The Morgan fingerprint density at radius 1 is 1.17 bits per heavy atom. The molecule has 0 radical (unpaired) electrons. The number of nitriles is 1. The van der Waals surface area contributed by atoms with Gasteiger partial charge in [0.25, 0.3) is 0 Å². The van der Waals surface area contributed by atoms with E-state index in [-0.39, 0.29) is 11.4 Å². The molecule has 0 unspecified atom stereocenters. The number of carbonyl (C=O) groups is 1. The molecule has 0 aromatic heterocycles. The average molecular weight is 305 g/mol. The molecule has 0 bridgehead atoms. The molecule has 23 heavy (non-hydrogen) atoms. The molecule has 1 aliphatic carbocycles. The molecule has 116 valence electrons. The van der Waals surface area contributed by atoms with E-state index in [1.54, 1.807) is 24.3 Å². The molecule has 2 aromatic carbocycles. The van der Waals surface area contributed by atoms with Crippen LogP contribution in [0.3, 0.4) is 0 Å². The summed E-state index contributed by atoms with van der Waals surface area (Å²) in [6.07, 6.45) is 2.18. The van der Waals surface area contributed by atoms with E-state index in [0.717, 1.165) is 12.8 Å². The van der Waals surface area contributed by atoms with Gasteiger partial charge in [-0.3, -0.25) is 0 Å². The Kier molecular flexibility index (Phi) is 4.03.